The lowest BCUT2D eigenvalue weighted by molar-refractivity contribution is 0.153. The van der Waals surface area contributed by atoms with E-state index in [1.54, 1.807) is 0 Å². The van der Waals surface area contributed by atoms with Gasteiger partial charge in [0.25, 0.3) is 0 Å². The molecule has 23 heavy (non-hydrogen) atoms. The fourth-order valence-electron chi connectivity index (χ4n) is 3.75. The van der Waals surface area contributed by atoms with Crippen LogP contribution in [0.4, 0.5) is 0 Å². The van der Waals surface area contributed by atoms with Gasteiger partial charge in [-0.3, -0.25) is 0 Å². The number of nitrogens with two attached hydrogens (primary N) is 1. The molecule has 3 atom stereocenters. The minimum Gasteiger partial charge on any atom is -0.490 e. The molecule has 0 bridgehead atoms. The molecule has 3 rings (SSSR count). The van der Waals surface area contributed by atoms with Gasteiger partial charge >= 0.3 is 0 Å². The number of ether oxygens (including phenoxy) is 1. The number of allylic oxidation sites excluding steroid dienone is 3. The first kappa shape index (κ1) is 16.1. The summed E-state index contributed by atoms with van der Waals surface area (Å²) in [5.41, 5.74) is 10.9. The van der Waals surface area contributed by atoms with E-state index in [1.807, 2.05) is 0 Å². The minimum absolute atomic E-state index is 0.0943. The Morgan fingerprint density at radius 1 is 1.17 bits per heavy atom. The molecule has 0 aromatic heterocycles. The van der Waals surface area contributed by atoms with Crippen LogP contribution >= 0.6 is 0 Å². The molecule has 1 aliphatic heterocycles. The molecule has 122 valence electrons. The quantitative estimate of drug-likeness (QED) is 0.860. The van der Waals surface area contributed by atoms with Gasteiger partial charge in [0.15, 0.2) is 0 Å². The monoisotopic (exact) mass is 309 g/mol. The number of hydrogen-bond acceptors (Lipinski definition) is 2. The second kappa shape index (κ2) is 5.68. The molecule has 1 aromatic rings. The van der Waals surface area contributed by atoms with Gasteiger partial charge < -0.3 is 10.5 Å². The summed E-state index contributed by atoms with van der Waals surface area (Å²) in [5, 5.41) is 0. The van der Waals surface area contributed by atoms with Crippen molar-refractivity contribution in [1.82, 2.24) is 0 Å². The number of hydrogen-bond donors (Lipinski definition) is 1. The molecule has 1 aromatic carbocycles. The van der Waals surface area contributed by atoms with Crippen LogP contribution in [-0.2, 0) is 11.3 Å². The van der Waals surface area contributed by atoms with Crippen LogP contribution < -0.4 is 5.73 Å². The smallest absolute Gasteiger partial charge is 0.127 e. The van der Waals surface area contributed by atoms with E-state index in [9.17, 15) is 0 Å². The Balaban J connectivity index is 1.99. The zero-order valence-corrected chi connectivity index (χ0v) is 14.6. The van der Waals surface area contributed by atoms with Crippen molar-refractivity contribution in [2.24, 2.45) is 17.1 Å². The lowest BCUT2D eigenvalue weighted by atomic mass is 9.71. The third-order valence-corrected chi connectivity index (χ3v) is 4.95. The standard InChI is InChI=1S/C21H27NO/c1-13-10-17-19(16-8-6-15(12-22)7-9-16)14(2)23-20(17)18(11-13)21(3,4)5/h6-11,17,19-20H,2,12,22H2,1,3-5H3. The van der Waals surface area contributed by atoms with E-state index in [1.165, 1.54) is 16.7 Å². The van der Waals surface area contributed by atoms with Gasteiger partial charge in [0.1, 0.15) is 6.10 Å². The number of rotatable bonds is 2. The van der Waals surface area contributed by atoms with Gasteiger partial charge in [0.2, 0.25) is 0 Å². The second-order valence-corrected chi connectivity index (χ2v) is 7.77. The fraction of sp³-hybridized carbons (Fsp3) is 0.429. The van der Waals surface area contributed by atoms with Gasteiger partial charge in [-0.1, -0.05) is 69.3 Å². The maximum atomic E-state index is 6.24. The van der Waals surface area contributed by atoms with Crippen LogP contribution in [0.25, 0.3) is 0 Å². The molecule has 2 N–H and O–H groups in total. The Hall–Kier alpha value is -1.80. The highest BCUT2D eigenvalue weighted by molar-refractivity contribution is 5.43. The number of benzene rings is 1. The van der Waals surface area contributed by atoms with E-state index in [0.29, 0.717) is 12.5 Å². The van der Waals surface area contributed by atoms with E-state index < -0.39 is 0 Å². The topological polar surface area (TPSA) is 35.2 Å². The van der Waals surface area contributed by atoms with Gasteiger partial charge in [0, 0.05) is 12.5 Å². The second-order valence-electron chi connectivity index (χ2n) is 7.77. The molecule has 0 saturated carbocycles. The van der Waals surface area contributed by atoms with Crippen molar-refractivity contribution in [3.63, 3.8) is 0 Å². The van der Waals surface area contributed by atoms with Gasteiger partial charge in [0.05, 0.1) is 11.7 Å². The first-order valence-electron chi connectivity index (χ1n) is 8.36. The highest BCUT2D eigenvalue weighted by atomic mass is 16.5. The van der Waals surface area contributed by atoms with Crippen molar-refractivity contribution in [2.45, 2.75) is 46.3 Å². The molecule has 1 aliphatic carbocycles. The van der Waals surface area contributed by atoms with Crippen LogP contribution in [0.2, 0.25) is 0 Å². The van der Waals surface area contributed by atoms with Crippen molar-refractivity contribution < 1.29 is 4.74 Å². The Labute approximate surface area is 139 Å². The van der Waals surface area contributed by atoms with Crippen LogP contribution in [0.1, 0.15) is 44.7 Å². The largest absolute Gasteiger partial charge is 0.490 e. The van der Waals surface area contributed by atoms with Crippen molar-refractivity contribution >= 4 is 0 Å². The van der Waals surface area contributed by atoms with Crippen LogP contribution in [0.3, 0.4) is 0 Å². The molecule has 1 fully saturated rings. The summed E-state index contributed by atoms with van der Waals surface area (Å²) in [6.45, 7) is 13.7. The SMILES string of the molecule is C=C1OC2C(C(C)(C)C)=CC(C)=CC2C1c1ccc(CN)cc1. The first-order chi connectivity index (χ1) is 10.8. The zero-order chi connectivity index (χ0) is 16.8. The molecule has 0 spiro atoms. The third-order valence-electron chi connectivity index (χ3n) is 4.95. The molecule has 2 aliphatic rings. The molecule has 3 unspecified atom stereocenters. The molecule has 0 radical (unpaired) electrons. The summed E-state index contributed by atoms with van der Waals surface area (Å²) in [4.78, 5) is 0. The maximum Gasteiger partial charge on any atom is 0.127 e. The van der Waals surface area contributed by atoms with Gasteiger partial charge in [-0.05, 0) is 29.0 Å². The predicted molar refractivity (Wildman–Crippen MR) is 95.9 cm³/mol. The average molecular weight is 309 g/mol. The summed E-state index contributed by atoms with van der Waals surface area (Å²) in [5.74, 6) is 1.42. The summed E-state index contributed by atoms with van der Waals surface area (Å²) in [6.07, 6.45) is 4.74. The van der Waals surface area contributed by atoms with Gasteiger partial charge in [-0.2, -0.15) is 0 Å². The van der Waals surface area contributed by atoms with Gasteiger partial charge in [-0.25, -0.2) is 0 Å². The van der Waals surface area contributed by atoms with E-state index in [-0.39, 0.29) is 17.4 Å². The van der Waals surface area contributed by atoms with Crippen LogP contribution in [0.5, 0.6) is 0 Å². The Morgan fingerprint density at radius 3 is 2.39 bits per heavy atom. The van der Waals surface area contributed by atoms with Crippen molar-refractivity contribution in [3.05, 3.63) is 71.0 Å². The third kappa shape index (κ3) is 2.88. The van der Waals surface area contributed by atoms with E-state index in [0.717, 1.165) is 11.3 Å². The lowest BCUT2D eigenvalue weighted by Crippen LogP contribution is -2.30. The highest BCUT2D eigenvalue weighted by Gasteiger charge is 2.45. The van der Waals surface area contributed by atoms with Crippen LogP contribution in [0.15, 0.2) is 59.9 Å². The fourth-order valence-corrected chi connectivity index (χ4v) is 3.75. The molecular weight excluding hydrogens is 282 g/mol. The van der Waals surface area contributed by atoms with Gasteiger partial charge in [-0.15, -0.1) is 0 Å². The molecule has 0 amide bonds. The Kier molecular flexibility index (Phi) is 3.97. The summed E-state index contributed by atoms with van der Waals surface area (Å²) in [6, 6.07) is 8.55. The predicted octanol–water partition coefficient (Wildman–Crippen LogP) is 4.69. The van der Waals surface area contributed by atoms with Crippen LogP contribution in [-0.4, -0.2) is 6.10 Å². The summed E-state index contributed by atoms with van der Waals surface area (Å²) < 4.78 is 6.24. The molecule has 1 heterocycles. The highest BCUT2D eigenvalue weighted by Crippen LogP contribution is 2.50. The zero-order valence-electron chi connectivity index (χ0n) is 14.6. The molecule has 2 heteroatoms. The lowest BCUT2D eigenvalue weighted by Gasteiger charge is -2.33. The summed E-state index contributed by atoms with van der Waals surface area (Å²) >= 11 is 0. The maximum absolute atomic E-state index is 6.24. The minimum atomic E-state index is 0.0943. The Morgan fingerprint density at radius 2 is 1.83 bits per heavy atom. The normalized spacial score (nSPS) is 27.2. The molecule has 2 nitrogen and oxygen atoms in total. The number of fused-ring (bicyclic) bond motifs is 1. The van der Waals surface area contributed by atoms with Crippen molar-refractivity contribution in [1.29, 1.82) is 0 Å². The van der Waals surface area contributed by atoms with Crippen molar-refractivity contribution in [2.75, 3.05) is 0 Å². The van der Waals surface area contributed by atoms with E-state index >= 15 is 0 Å². The Bertz CT molecular complexity index is 673. The van der Waals surface area contributed by atoms with Crippen LogP contribution in [0, 0.1) is 11.3 Å². The average Bonchev–Trinajstić information content (AvgIpc) is 2.81. The molecular formula is C21H27NO. The van der Waals surface area contributed by atoms with E-state index in [4.69, 9.17) is 10.5 Å². The van der Waals surface area contributed by atoms with E-state index in [2.05, 4.69) is 70.7 Å². The first-order valence-corrected chi connectivity index (χ1v) is 8.36. The van der Waals surface area contributed by atoms with Crippen molar-refractivity contribution in [3.8, 4) is 0 Å². The molecule has 1 saturated heterocycles. The summed E-state index contributed by atoms with van der Waals surface area (Å²) in [7, 11) is 0.